The van der Waals surface area contributed by atoms with Gasteiger partial charge in [-0.2, -0.15) is 0 Å². The molecule has 1 atom stereocenters. The van der Waals surface area contributed by atoms with Crippen LogP contribution in [0.25, 0.3) is 0 Å². The minimum atomic E-state index is -3.13. The zero-order valence-electron chi connectivity index (χ0n) is 10.8. The van der Waals surface area contributed by atoms with Crippen LogP contribution in [0.5, 0.6) is 0 Å². The SMILES string of the molecule is O=C(O)CC1CS(=O)(=O)CCN1Cc1cccc(Br)c1. The van der Waals surface area contributed by atoms with E-state index in [2.05, 4.69) is 15.9 Å². The van der Waals surface area contributed by atoms with Crippen molar-refractivity contribution in [1.82, 2.24) is 4.90 Å². The van der Waals surface area contributed by atoms with Crippen molar-refractivity contribution in [2.24, 2.45) is 0 Å². The normalized spacial score (nSPS) is 22.6. The van der Waals surface area contributed by atoms with Gasteiger partial charge in [-0.1, -0.05) is 28.1 Å². The Morgan fingerprint density at radius 1 is 1.45 bits per heavy atom. The molecule has 5 nitrogen and oxygen atoms in total. The number of hydrogen-bond donors (Lipinski definition) is 1. The number of nitrogens with zero attached hydrogens (tertiary/aromatic N) is 1. The summed E-state index contributed by atoms with van der Waals surface area (Å²) >= 11 is 3.39. The lowest BCUT2D eigenvalue weighted by atomic mass is 10.1. The summed E-state index contributed by atoms with van der Waals surface area (Å²) in [5, 5.41) is 8.93. The van der Waals surface area contributed by atoms with Gasteiger partial charge >= 0.3 is 5.97 Å². The average Bonchev–Trinajstić information content (AvgIpc) is 2.31. The Bertz CT molecular complexity index is 602. The van der Waals surface area contributed by atoms with E-state index in [1.54, 1.807) is 0 Å². The average molecular weight is 362 g/mol. The Labute approximate surface area is 126 Å². The van der Waals surface area contributed by atoms with Gasteiger partial charge in [0.1, 0.15) is 0 Å². The maximum Gasteiger partial charge on any atom is 0.304 e. The quantitative estimate of drug-likeness (QED) is 0.879. The van der Waals surface area contributed by atoms with Crippen molar-refractivity contribution in [2.45, 2.75) is 19.0 Å². The number of halogens is 1. The number of carboxylic acids is 1. The van der Waals surface area contributed by atoms with Crippen LogP contribution in [0.4, 0.5) is 0 Å². The van der Waals surface area contributed by atoms with Gasteiger partial charge in [0.05, 0.1) is 17.9 Å². The molecule has 0 bridgehead atoms. The molecule has 1 aromatic rings. The smallest absolute Gasteiger partial charge is 0.304 e. The van der Waals surface area contributed by atoms with E-state index in [0.29, 0.717) is 13.1 Å². The maximum absolute atomic E-state index is 11.7. The number of hydrogen-bond acceptors (Lipinski definition) is 4. The molecular weight excluding hydrogens is 346 g/mol. The van der Waals surface area contributed by atoms with Crippen molar-refractivity contribution < 1.29 is 18.3 Å². The van der Waals surface area contributed by atoms with Crippen molar-refractivity contribution >= 4 is 31.7 Å². The third-order valence-electron chi connectivity index (χ3n) is 3.34. The molecule has 110 valence electrons. The summed E-state index contributed by atoms with van der Waals surface area (Å²) in [6.07, 6.45) is -0.146. The van der Waals surface area contributed by atoms with Gasteiger partial charge in [-0.3, -0.25) is 9.69 Å². The molecule has 2 rings (SSSR count). The minimum absolute atomic E-state index is 0.0761. The first-order chi connectivity index (χ1) is 9.35. The van der Waals surface area contributed by atoms with Crippen molar-refractivity contribution in [3.63, 3.8) is 0 Å². The fourth-order valence-corrected chi connectivity index (χ4v) is 4.43. The standard InChI is InChI=1S/C13H16BrNO4S/c14-11-3-1-2-10(6-11)8-15-4-5-20(18,19)9-12(15)7-13(16)17/h1-3,6,12H,4-5,7-9H2,(H,16,17). The molecule has 1 aliphatic rings. The Morgan fingerprint density at radius 2 is 2.20 bits per heavy atom. The largest absolute Gasteiger partial charge is 0.481 e. The molecule has 0 spiro atoms. The second-order valence-electron chi connectivity index (χ2n) is 4.97. The first-order valence-electron chi connectivity index (χ1n) is 6.26. The molecule has 0 aliphatic carbocycles. The minimum Gasteiger partial charge on any atom is -0.481 e. The molecular formula is C13H16BrNO4S. The zero-order chi connectivity index (χ0) is 14.8. The van der Waals surface area contributed by atoms with E-state index < -0.39 is 21.8 Å². The van der Waals surface area contributed by atoms with Gasteiger partial charge in [0, 0.05) is 23.6 Å². The van der Waals surface area contributed by atoms with E-state index in [1.165, 1.54) is 0 Å². The third-order valence-corrected chi connectivity index (χ3v) is 5.53. The Kier molecular flexibility index (Phi) is 4.82. The molecule has 0 radical (unpaired) electrons. The topological polar surface area (TPSA) is 74.7 Å². The number of carboxylic acid groups (broad SMARTS) is 1. The molecule has 1 fully saturated rings. The highest BCUT2D eigenvalue weighted by Crippen LogP contribution is 2.20. The second-order valence-corrected chi connectivity index (χ2v) is 8.11. The van der Waals surface area contributed by atoms with Gasteiger partial charge in [-0.25, -0.2) is 8.42 Å². The molecule has 1 saturated heterocycles. The molecule has 1 N–H and O–H groups in total. The molecule has 20 heavy (non-hydrogen) atoms. The van der Waals surface area contributed by atoms with E-state index >= 15 is 0 Å². The summed E-state index contributed by atoms with van der Waals surface area (Å²) in [4.78, 5) is 12.8. The molecule has 0 amide bonds. The summed E-state index contributed by atoms with van der Waals surface area (Å²) in [6, 6.07) is 7.28. The monoisotopic (exact) mass is 361 g/mol. The highest BCUT2D eigenvalue weighted by molar-refractivity contribution is 9.10. The Morgan fingerprint density at radius 3 is 2.85 bits per heavy atom. The summed E-state index contributed by atoms with van der Waals surface area (Å²) < 4.78 is 24.3. The number of rotatable bonds is 4. The lowest BCUT2D eigenvalue weighted by molar-refractivity contribution is -0.138. The van der Waals surface area contributed by atoms with Crippen LogP contribution in [0.1, 0.15) is 12.0 Å². The van der Waals surface area contributed by atoms with Gasteiger partial charge in [-0.05, 0) is 17.7 Å². The molecule has 1 aromatic carbocycles. The molecule has 1 aliphatic heterocycles. The van der Waals surface area contributed by atoms with Gasteiger partial charge in [0.15, 0.2) is 9.84 Å². The predicted molar refractivity (Wildman–Crippen MR) is 79.2 cm³/mol. The van der Waals surface area contributed by atoms with Gasteiger partial charge < -0.3 is 5.11 Å². The third kappa shape index (κ3) is 4.29. The molecule has 1 heterocycles. The Balaban J connectivity index is 2.13. The van der Waals surface area contributed by atoms with E-state index in [9.17, 15) is 13.2 Å². The first kappa shape index (κ1) is 15.5. The summed E-state index contributed by atoms with van der Waals surface area (Å²) in [5.41, 5.74) is 1.04. The molecule has 0 saturated carbocycles. The van der Waals surface area contributed by atoms with Crippen molar-refractivity contribution in [2.75, 3.05) is 18.1 Å². The zero-order valence-corrected chi connectivity index (χ0v) is 13.2. The van der Waals surface area contributed by atoms with E-state index in [0.717, 1.165) is 10.0 Å². The highest BCUT2D eigenvalue weighted by atomic mass is 79.9. The number of carbonyl (C=O) groups is 1. The number of sulfone groups is 1. The van der Waals surface area contributed by atoms with E-state index in [4.69, 9.17) is 5.11 Å². The summed E-state index contributed by atoms with van der Waals surface area (Å²) in [6.45, 7) is 0.944. The van der Waals surface area contributed by atoms with Crippen LogP contribution in [-0.4, -0.2) is 48.5 Å². The van der Waals surface area contributed by atoms with Crippen LogP contribution < -0.4 is 0 Å². The molecule has 7 heteroatoms. The van der Waals surface area contributed by atoms with Crippen LogP contribution in [0, 0.1) is 0 Å². The van der Waals surface area contributed by atoms with Crippen LogP contribution in [0.15, 0.2) is 28.7 Å². The van der Waals surface area contributed by atoms with Gasteiger partial charge in [-0.15, -0.1) is 0 Å². The lowest BCUT2D eigenvalue weighted by Crippen LogP contribution is -2.48. The predicted octanol–water partition coefficient (Wildman–Crippen LogP) is 1.52. The van der Waals surface area contributed by atoms with E-state index in [-0.39, 0.29) is 17.9 Å². The van der Waals surface area contributed by atoms with Crippen molar-refractivity contribution in [3.8, 4) is 0 Å². The number of benzene rings is 1. The van der Waals surface area contributed by atoms with Crippen molar-refractivity contribution in [1.29, 1.82) is 0 Å². The van der Waals surface area contributed by atoms with Gasteiger partial charge in [0.2, 0.25) is 0 Å². The summed E-state index contributed by atoms with van der Waals surface area (Å²) in [7, 11) is -3.13. The van der Waals surface area contributed by atoms with Crippen LogP contribution in [0.2, 0.25) is 0 Å². The van der Waals surface area contributed by atoms with Crippen molar-refractivity contribution in [3.05, 3.63) is 34.3 Å². The summed E-state index contributed by atoms with van der Waals surface area (Å²) in [5.74, 6) is -0.948. The maximum atomic E-state index is 11.7. The molecule has 0 aromatic heterocycles. The van der Waals surface area contributed by atoms with Crippen LogP contribution in [-0.2, 0) is 21.2 Å². The lowest BCUT2D eigenvalue weighted by Gasteiger charge is -2.34. The van der Waals surface area contributed by atoms with Crippen LogP contribution in [0.3, 0.4) is 0 Å². The Hall–Kier alpha value is -0.920. The first-order valence-corrected chi connectivity index (χ1v) is 8.88. The van der Waals surface area contributed by atoms with Gasteiger partial charge in [0.25, 0.3) is 0 Å². The highest BCUT2D eigenvalue weighted by Gasteiger charge is 2.32. The second kappa shape index (κ2) is 6.24. The van der Waals surface area contributed by atoms with Crippen LogP contribution >= 0.6 is 15.9 Å². The molecule has 1 unspecified atom stereocenters. The fraction of sp³-hybridized carbons (Fsp3) is 0.462. The number of aliphatic carboxylic acids is 1. The van der Waals surface area contributed by atoms with E-state index in [1.807, 2.05) is 29.2 Å². The fourth-order valence-electron chi connectivity index (χ4n) is 2.39.